The molecule has 0 spiro atoms. The van der Waals surface area contributed by atoms with Crippen LogP contribution in [0, 0.1) is 6.92 Å². The number of carbonyl (C=O) groups is 1. The minimum Gasteiger partial charge on any atom is -0.321 e. The lowest BCUT2D eigenvalue weighted by atomic mass is 10.1. The van der Waals surface area contributed by atoms with Crippen LogP contribution in [0.3, 0.4) is 0 Å². The summed E-state index contributed by atoms with van der Waals surface area (Å²) in [6.45, 7) is 4.09. The monoisotopic (exact) mass is 552 g/mol. The fourth-order valence-corrected chi connectivity index (χ4v) is 6.15. The van der Waals surface area contributed by atoms with Crippen molar-refractivity contribution < 1.29 is 13.2 Å². The van der Waals surface area contributed by atoms with E-state index in [9.17, 15) is 13.2 Å². The molecule has 1 amide bonds. The standard InChI is InChI=1S/C27H25ClN4O3S2/c1-3-32(22-11-5-4-6-12-22)37(34,35)23-15-13-21(14-16-23)30-26(33)25-24(28)17-29-27(31-25)36-18-20-10-8-7-9-19(20)2/h4-17H,3,18H2,1-2H3,(H,30,33). The van der Waals surface area contributed by atoms with Gasteiger partial charge >= 0.3 is 0 Å². The number of para-hydroxylation sites is 1. The van der Waals surface area contributed by atoms with Crippen LogP contribution in [0.1, 0.15) is 28.5 Å². The van der Waals surface area contributed by atoms with Crippen LogP contribution >= 0.6 is 23.4 Å². The molecule has 1 aromatic heterocycles. The normalized spacial score (nSPS) is 11.2. The third-order valence-electron chi connectivity index (χ3n) is 5.59. The fourth-order valence-electron chi connectivity index (χ4n) is 3.61. The van der Waals surface area contributed by atoms with Crippen LogP contribution in [0.4, 0.5) is 11.4 Å². The van der Waals surface area contributed by atoms with E-state index in [4.69, 9.17) is 11.6 Å². The molecule has 0 saturated carbocycles. The summed E-state index contributed by atoms with van der Waals surface area (Å²) in [5, 5.41) is 3.29. The number of amides is 1. The van der Waals surface area contributed by atoms with Gasteiger partial charge in [-0.05, 0) is 61.4 Å². The van der Waals surface area contributed by atoms with Crippen molar-refractivity contribution in [3.05, 3.63) is 107 Å². The van der Waals surface area contributed by atoms with E-state index in [2.05, 4.69) is 15.3 Å². The van der Waals surface area contributed by atoms with Crippen molar-refractivity contribution in [1.29, 1.82) is 0 Å². The predicted octanol–water partition coefficient (Wildman–Crippen LogP) is 6.20. The molecule has 37 heavy (non-hydrogen) atoms. The first-order chi connectivity index (χ1) is 17.8. The molecule has 0 fully saturated rings. The van der Waals surface area contributed by atoms with E-state index in [-0.39, 0.29) is 22.2 Å². The van der Waals surface area contributed by atoms with Crippen LogP contribution in [0.15, 0.2) is 95.1 Å². The Labute approximate surface area is 226 Å². The van der Waals surface area contributed by atoms with Crippen LogP contribution < -0.4 is 9.62 Å². The van der Waals surface area contributed by atoms with Crippen molar-refractivity contribution in [2.24, 2.45) is 0 Å². The summed E-state index contributed by atoms with van der Waals surface area (Å²) >= 11 is 7.62. The number of nitrogens with zero attached hydrogens (tertiary/aromatic N) is 3. The van der Waals surface area contributed by atoms with Gasteiger partial charge in [-0.1, -0.05) is 65.8 Å². The molecule has 0 radical (unpaired) electrons. The summed E-state index contributed by atoms with van der Waals surface area (Å²) in [5.41, 5.74) is 3.36. The zero-order chi connectivity index (χ0) is 26.4. The highest BCUT2D eigenvalue weighted by atomic mass is 35.5. The van der Waals surface area contributed by atoms with Gasteiger partial charge in [-0.2, -0.15) is 0 Å². The molecule has 0 saturated heterocycles. The zero-order valence-electron chi connectivity index (χ0n) is 20.3. The maximum atomic E-state index is 13.2. The first-order valence-electron chi connectivity index (χ1n) is 11.5. The SMILES string of the molecule is CCN(c1ccccc1)S(=O)(=O)c1ccc(NC(=O)c2nc(SCc3ccccc3C)ncc2Cl)cc1. The van der Waals surface area contributed by atoms with Gasteiger partial charge in [0.1, 0.15) is 0 Å². The summed E-state index contributed by atoms with van der Waals surface area (Å²) in [7, 11) is -3.77. The molecule has 4 rings (SSSR count). The molecule has 0 unspecified atom stereocenters. The lowest BCUT2D eigenvalue weighted by molar-refractivity contribution is 0.102. The second-order valence-corrected chi connectivity index (χ2v) is 11.3. The van der Waals surface area contributed by atoms with Crippen molar-refractivity contribution in [2.75, 3.05) is 16.2 Å². The number of anilines is 2. The van der Waals surface area contributed by atoms with Gasteiger partial charge < -0.3 is 5.32 Å². The number of hydrogen-bond acceptors (Lipinski definition) is 6. The Morgan fingerprint density at radius 3 is 2.35 bits per heavy atom. The maximum absolute atomic E-state index is 13.2. The summed E-state index contributed by atoms with van der Waals surface area (Å²) in [6.07, 6.45) is 1.41. The molecule has 1 heterocycles. The average molecular weight is 553 g/mol. The van der Waals surface area contributed by atoms with E-state index in [0.717, 1.165) is 5.56 Å². The summed E-state index contributed by atoms with van der Waals surface area (Å²) < 4.78 is 27.7. The van der Waals surface area contributed by atoms with Gasteiger partial charge in [0.2, 0.25) is 0 Å². The molecule has 10 heteroatoms. The predicted molar refractivity (Wildman–Crippen MR) is 149 cm³/mol. The number of hydrogen-bond donors (Lipinski definition) is 1. The molecule has 0 aliphatic heterocycles. The Kier molecular flexibility index (Phi) is 8.48. The second-order valence-electron chi connectivity index (χ2n) is 8.05. The molecule has 0 aliphatic rings. The minimum absolute atomic E-state index is 0.0434. The Morgan fingerprint density at radius 2 is 1.68 bits per heavy atom. The Bertz CT molecular complexity index is 1500. The number of benzene rings is 3. The zero-order valence-corrected chi connectivity index (χ0v) is 22.6. The molecule has 0 atom stereocenters. The van der Waals surface area contributed by atoms with Crippen LogP contribution in [-0.2, 0) is 15.8 Å². The van der Waals surface area contributed by atoms with E-state index in [1.54, 1.807) is 31.2 Å². The van der Waals surface area contributed by atoms with Crippen molar-refractivity contribution >= 4 is 50.7 Å². The van der Waals surface area contributed by atoms with E-state index in [1.165, 1.54) is 52.1 Å². The van der Waals surface area contributed by atoms with Gasteiger partial charge in [-0.15, -0.1) is 0 Å². The molecular formula is C27H25ClN4O3S2. The van der Waals surface area contributed by atoms with Gasteiger partial charge in [0, 0.05) is 18.0 Å². The van der Waals surface area contributed by atoms with E-state index in [0.29, 0.717) is 22.3 Å². The second kappa shape index (κ2) is 11.8. The maximum Gasteiger partial charge on any atom is 0.275 e. The van der Waals surface area contributed by atoms with Gasteiger partial charge in [-0.3, -0.25) is 9.10 Å². The number of sulfonamides is 1. The van der Waals surface area contributed by atoms with E-state index >= 15 is 0 Å². The molecule has 0 aliphatic carbocycles. The van der Waals surface area contributed by atoms with Crippen LogP contribution in [0.2, 0.25) is 5.02 Å². The van der Waals surface area contributed by atoms with Gasteiger partial charge in [0.15, 0.2) is 10.9 Å². The molecule has 7 nitrogen and oxygen atoms in total. The summed E-state index contributed by atoms with van der Waals surface area (Å²) in [5.74, 6) is 0.142. The fraction of sp³-hybridized carbons (Fsp3) is 0.148. The molecular weight excluding hydrogens is 528 g/mol. The number of carbonyl (C=O) groups excluding carboxylic acids is 1. The first kappa shape index (κ1) is 26.7. The number of aryl methyl sites for hydroxylation is 1. The number of aromatic nitrogens is 2. The third-order valence-corrected chi connectivity index (χ3v) is 8.69. The Morgan fingerprint density at radius 1 is 1.00 bits per heavy atom. The van der Waals surface area contributed by atoms with E-state index < -0.39 is 15.9 Å². The largest absolute Gasteiger partial charge is 0.321 e. The highest BCUT2D eigenvalue weighted by Crippen LogP contribution is 2.26. The van der Waals surface area contributed by atoms with Gasteiger partial charge in [-0.25, -0.2) is 18.4 Å². The average Bonchev–Trinajstić information content (AvgIpc) is 2.90. The number of halogens is 1. The van der Waals surface area contributed by atoms with Crippen molar-refractivity contribution in [1.82, 2.24) is 9.97 Å². The highest BCUT2D eigenvalue weighted by molar-refractivity contribution is 7.98. The van der Waals surface area contributed by atoms with Gasteiger partial charge in [0.05, 0.1) is 21.8 Å². The topological polar surface area (TPSA) is 92.3 Å². The van der Waals surface area contributed by atoms with Crippen LogP contribution in [0.25, 0.3) is 0 Å². The Balaban J connectivity index is 1.47. The summed E-state index contributed by atoms with van der Waals surface area (Å²) in [4.78, 5) is 21.6. The molecule has 190 valence electrons. The molecule has 3 aromatic carbocycles. The van der Waals surface area contributed by atoms with Crippen molar-refractivity contribution in [2.45, 2.75) is 29.7 Å². The highest BCUT2D eigenvalue weighted by Gasteiger charge is 2.23. The van der Waals surface area contributed by atoms with Crippen LogP contribution in [-0.4, -0.2) is 30.8 Å². The first-order valence-corrected chi connectivity index (χ1v) is 14.3. The molecule has 1 N–H and O–H groups in total. The minimum atomic E-state index is -3.77. The quantitative estimate of drug-likeness (QED) is 0.196. The Hall–Kier alpha value is -3.40. The summed E-state index contributed by atoms with van der Waals surface area (Å²) in [6, 6.07) is 22.9. The lowest BCUT2D eigenvalue weighted by Gasteiger charge is -2.23. The molecule has 4 aromatic rings. The number of rotatable bonds is 9. The van der Waals surface area contributed by atoms with Crippen molar-refractivity contribution in [3.63, 3.8) is 0 Å². The third kappa shape index (κ3) is 6.30. The van der Waals surface area contributed by atoms with Crippen LogP contribution in [0.5, 0.6) is 0 Å². The van der Waals surface area contributed by atoms with E-state index in [1.807, 2.05) is 37.3 Å². The number of thioether (sulfide) groups is 1. The number of nitrogens with one attached hydrogen (secondary N) is 1. The smallest absolute Gasteiger partial charge is 0.275 e. The molecule has 0 bridgehead atoms. The lowest BCUT2D eigenvalue weighted by Crippen LogP contribution is -2.30. The van der Waals surface area contributed by atoms with Crippen molar-refractivity contribution in [3.8, 4) is 0 Å². The van der Waals surface area contributed by atoms with Gasteiger partial charge in [0.25, 0.3) is 15.9 Å².